The van der Waals surface area contributed by atoms with Crippen LogP contribution in [0.4, 0.5) is 0 Å². The van der Waals surface area contributed by atoms with Gasteiger partial charge in [0.2, 0.25) is 0 Å². The molecule has 4 heteroatoms. The first-order valence-corrected chi connectivity index (χ1v) is 5.60. The maximum Gasteiger partial charge on any atom is 0.191 e. The Hall–Kier alpha value is -2.10. The lowest BCUT2D eigenvalue weighted by Gasteiger charge is -2.07. The van der Waals surface area contributed by atoms with E-state index in [1.54, 1.807) is 18.6 Å². The van der Waals surface area contributed by atoms with E-state index in [-0.39, 0.29) is 11.7 Å². The zero-order chi connectivity index (χ0) is 11.7. The van der Waals surface area contributed by atoms with Crippen LogP contribution < -0.4 is 0 Å². The summed E-state index contributed by atoms with van der Waals surface area (Å²) in [6, 6.07) is 3.94. The number of aryl methyl sites for hydroxylation is 1. The highest BCUT2D eigenvalue weighted by Gasteiger charge is 2.30. The summed E-state index contributed by atoms with van der Waals surface area (Å²) in [6.07, 6.45) is 8.10. The number of carbonyl (C=O) groups is 1. The molecule has 17 heavy (non-hydrogen) atoms. The van der Waals surface area contributed by atoms with Gasteiger partial charge in [0, 0.05) is 18.6 Å². The lowest BCUT2D eigenvalue weighted by molar-refractivity contribution is 0.0953. The normalized spacial score (nSPS) is 17.8. The highest BCUT2D eigenvalue weighted by molar-refractivity contribution is 5.99. The highest BCUT2D eigenvalue weighted by atomic mass is 16.1. The van der Waals surface area contributed by atoms with Crippen LogP contribution in [0.2, 0.25) is 0 Å². The number of carbonyl (C=O) groups excluding carboxylic acids is 1. The number of rotatable bonds is 2. The van der Waals surface area contributed by atoms with Gasteiger partial charge in [0.15, 0.2) is 5.78 Å². The first kappa shape index (κ1) is 10.1. The molecule has 0 aliphatic heterocycles. The third kappa shape index (κ3) is 1.71. The highest BCUT2D eigenvalue weighted by Crippen LogP contribution is 2.33. The van der Waals surface area contributed by atoms with Gasteiger partial charge in [-0.2, -0.15) is 0 Å². The van der Waals surface area contributed by atoms with Crippen molar-refractivity contribution in [1.82, 2.24) is 15.0 Å². The standard InChI is InChI=1S/C13H11N3O/c17-13(11-8-14-6-7-15-11)10-4-3-9-2-1-5-16-12(9)10/h1-2,5-8,10H,3-4H2. The Morgan fingerprint density at radius 2 is 2.18 bits per heavy atom. The van der Waals surface area contributed by atoms with E-state index in [0.717, 1.165) is 18.5 Å². The second-order valence-electron chi connectivity index (χ2n) is 4.09. The number of ketones is 1. The average Bonchev–Trinajstić information content (AvgIpc) is 2.83. The smallest absolute Gasteiger partial charge is 0.191 e. The first-order chi connectivity index (χ1) is 8.36. The molecule has 1 unspecified atom stereocenters. The van der Waals surface area contributed by atoms with E-state index in [0.29, 0.717) is 5.69 Å². The van der Waals surface area contributed by atoms with Crippen LogP contribution in [0.5, 0.6) is 0 Å². The van der Waals surface area contributed by atoms with Gasteiger partial charge in [-0.15, -0.1) is 0 Å². The third-order valence-electron chi connectivity index (χ3n) is 3.09. The predicted molar refractivity (Wildman–Crippen MR) is 61.7 cm³/mol. The summed E-state index contributed by atoms with van der Waals surface area (Å²) >= 11 is 0. The molecule has 0 radical (unpaired) electrons. The molecule has 1 atom stereocenters. The van der Waals surface area contributed by atoms with E-state index in [9.17, 15) is 4.79 Å². The van der Waals surface area contributed by atoms with Gasteiger partial charge in [-0.25, -0.2) is 4.98 Å². The van der Waals surface area contributed by atoms with Gasteiger partial charge in [-0.3, -0.25) is 14.8 Å². The van der Waals surface area contributed by atoms with E-state index >= 15 is 0 Å². The zero-order valence-electron chi connectivity index (χ0n) is 9.21. The maximum absolute atomic E-state index is 12.3. The number of nitrogens with zero attached hydrogens (tertiary/aromatic N) is 3. The monoisotopic (exact) mass is 225 g/mol. The van der Waals surface area contributed by atoms with Crippen LogP contribution in [0.25, 0.3) is 0 Å². The predicted octanol–water partition coefficient (Wildman–Crippen LogP) is 1.78. The Bertz CT molecular complexity index is 554. The molecule has 0 bridgehead atoms. The molecular formula is C13H11N3O. The van der Waals surface area contributed by atoms with Crippen LogP contribution in [0.3, 0.4) is 0 Å². The molecule has 0 N–H and O–H groups in total. The van der Waals surface area contributed by atoms with Crippen LogP contribution in [-0.4, -0.2) is 20.7 Å². The molecule has 2 heterocycles. The fourth-order valence-corrected chi connectivity index (χ4v) is 2.27. The quantitative estimate of drug-likeness (QED) is 0.731. The van der Waals surface area contributed by atoms with Crippen LogP contribution in [0, 0.1) is 0 Å². The third-order valence-corrected chi connectivity index (χ3v) is 3.09. The Kier molecular flexibility index (Phi) is 2.40. The Balaban J connectivity index is 1.95. The van der Waals surface area contributed by atoms with Crippen molar-refractivity contribution in [2.24, 2.45) is 0 Å². The second-order valence-corrected chi connectivity index (χ2v) is 4.09. The minimum Gasteiger partial charge on any atom is -0.292 e. The molecule has 0 aromatic carbocycles. The summed E-state index contributed by atoms with van der Waals surface area (Å²) in [4.78, 5) is 24.6. The Morgan fingerprint density at radius 3 is 3.00 bits per heavy atom. The van der Waals surface area contributed by atoms with Crippen molar-refractivity contribution in [3.63, 3.8) is 0 Å². The molecule has 4 nitrogen and oxygen atoms in total. The Labute approximate surface area is 98.8 Å². The second kappa shape index (κ2) is 4.05. The summed E-state index contributed by atoms with van der Waals surface area (Å²) in [5.41, 5.74) is 2.51. The van der Waals surface area contributed by atoms with Crippen molar-refractivity contribution >= 4 is 5.78 Å². The van der Waals surface area contributed by atoms with Gasteiger partial charge in [0.05, 0.1) is 17.8 Å². The van der Waals surface area contributed by atoms with Gasteiger partial charge in [-0.1, -0.05) is 6.07 Å². The van der Waals surface area contributed by atoms with Gasteiger partial charge in [-0.05, 0) is 24.5 Å². The molecule has 0 spiro atoms. The molecule has 1 aliphatic rings. The first-order valence-electron chi connectivity index (χ1n) is 5.60. The summed E-state index contributed by atoms with van der Waals surface area (Å²) in [5, 5.41) is 0. The molecule has 0 fully saturated rings. The molecule has 0 saturated heterocycles. The summed E-state index contributed by atoms with van der Waals surface area (Å²) < 4.78 is 0. The van der Waals surface area contributed by atoms with Crippen LogP contribution in [0.1, 0.15) is 34.1 Å². The largest absolute Gasteiger partial charge is 0.292 e. The maximum atomic E-state index is 12.3. The zero-order valence-corrected chi connectivity index (χ0v) is 9.21. The average molecular weight is 225 g/mol. The summed E-state index contributed by atoms with van der Waals surface area (Å²) in [5.74, 6) is -0.126. The van der Waals surface area contributed by atoms with Crippen molar-refractivity contribution in [1.29, 1.82) is 0 Å². The number of aromatic nitrogens is 3. The van der Waals surface area contributed by atoms with Gasteiger partial charge < -0.3 is 0 Å². The van der Waals surface area contributed by atoms with E-state index in [2.05, 4.69) is 15.0 Å². The van der Waals surface area contributed by atoms with Gasteiger partial charge >= 0.3 is 0 Å². The number of hydrogen-bond donors (Lipinski definition) is 0. The van der Waals surface area contributed by atoms with Crippen molar-refractivity contribution < 1.29 is 4.79 Å². The number of Topliss-reactive ketones (excluding diaryl/α,β-unsaturated/α-hetero) is 1. The van der Waals surface area contributed by atoms with E-state index in [1.165, 1.54) is 11.8 Å². The molecule has 2 aromatic heterocycles. The molecule has 1 aliphatic carbocycles. The van der Waals surface area contributed by atoms with E-state index in [1.807, 2.05) is 12.1 Å². The fourth-order valence-electron chi connectivity index (χ4n) is 2.27. The molecular weight excluding hydrogens is 214 g/mol. The van der Waals surface area contributed by atoms with Crippen LogP contribution in [0.15, 0.2) is 36.9 Å². The molecule has 84 valence electrons. The number of hydrogen-bond acceptors (Lipinski definition) is 4. The van der Waals surface area contributed by atoms with Gasteiger partial charge in [0.25, 0.3) is 0 Å². The lowest BCUT2D eigenvalue weighted by atomic mass is 9.99. The molecule has 0 amide bonds. The molecule has 3 rings (SSSR count). The number of fused-ring (bicyclic) bond motifs is 1. The van der Waals surface area contributed by atoms with E-state index in [4.69, 9.17) is 0 Å². The number of pyridine rings is 1. The SMILES string of the molecule is O=C(c1cnccn1)C1CCc2cccnc21. The Morgan fingerprint density at radius 1 is 1.24 bits per heavy atom. The molecule has 0 saturated carbocycles. The summed E-state index contributed by atoms with van der Waals surface area (Å²) in [7, 11) is 0. The minimum absolute atomic E-state index is 0.0237. The lowest BCUT2D eigenvalue weighted by Crippen LogP contribution is -2.13. The van der Waals surface area contributed by atoms with Crippen molar-refractivity contribution in [3.05, 3.63) is 53.9 Å². The van der Waals surface area contributed by atoms with Crippen molar-refractivity contribution in [2.75, 3.05) is 0 Å². The minimum atomic E-state index is -0.150. The van der Waals surface area contributed by atoms with Crippen LogP contribution >= 0.6 is 0 Å². The van der Waals surface area contributed by atoms with Crippen LogP contribution in [-0.2, 0) is 6.42 Å². The molecule has 2 aromatic rings. The fraction of sp³-hybridized carbons (Fsp3) is 0.231. The van der Waals surface area contributed by atoms with E-state index < -0.39 is 0 Å². The topological polar surface area (TPSA) is 55.7 Å². The van der Waals surface area contributed by atoms with Crippen molar-refractivity contribution in [3.8, 4) is 0 Å². The summed E-state index contributed by atoms with van der Waals surface area (Å²) in [6.45, 7) is 0. The van der Waals surface area contributed by atoms with Gasteiger partial charge in [0.1, 0.15) is 5.69 Å². The van der Waals surface area contributed by atoms with Crippen molar-refractivity contribution in [2.45, 2.75) is 18.8 Å².